The fourth-order valence-corrected chi connectivity index (χ4v) is 3.06. The predicted molar refractivity (Wildman–Crippen MR) is 102 cm³/mol. The van der Waals surface area contributed by atoms with Crippen LogP contribution in [0.2, 0.25) is 0 Å². The molecule has 2 rings (SSSR count). The molecule has 0 saturated carbocycles. The van der Waals surface area contributed by atoms with Crippen molar-refractivity contribution in [3.8, 4) is 5.75 Å². The Labute approximate surface area is 154 Å². The van der Waals surface area contributed by atoms with Gasteiger partial charge in [-0.25, -0.2) is 8.42 Å². The molecule has 0 radical (unpaired) electrons. The molecule has 0 aliphatic rings. The molecule has 2 aromatic carbocycles. The molecule has 0 bridgehead atoms. The first-order valence-electron chi connectivity index (χ1n) is 8.23. The minimum Gasteiger partial charge on any atom is -0.484 e. The van der Waals surface area contributed by atoms with Crippen LogP contribution in [-0.2, 0) is 14.8 Å². The zero-order valence-electron chi connectivity index (χ0n) is 15.2. The smallest absolute Gasteiger partial charge is 0.261 e. The first-order valence-corrected chi connectivity index (χ1v) is 9.71. The maximum atomic E-state index is 12.3. The number of ether oxygens (including phenoxy) is 1. The standard InChI is InChI=1S/C19H24N2O4S/c1-19(2,3)14-20-18(22)13-25-16-9-11-17(12-10-16)26(23,24)21-15-7-5-4-6-8-15/h4-12,21H,13-14H2,1-3H3,(H,20,22). The Morgan fingerprint density at radius 1 is 1.00 bits per heavy atom. The Balaban J connectivity index is 1.92. The van der Waals surface area contributed by atoms with E-state index in [0.29, 0.717) is 18.0 Å². The molecule has 0 saturated heterocycles. The molecule has 0 aliphatic heterocycles. The number of carbonyl (C=O) groups excluding carboxylic acids is 1. The first kappa shape index (κ1) is 19.8. The maximum absolute atomic E-state index is 12.3. The maximum Gasteiger partial charge on any atom is 0.261 e. The van der Waals surface area contributed by atoms with Gasteiger partial charge in [-0.3, -0.25) is 9.52 Å². The molecule has 140 valence electrons. The van der Waals surface area contributed by atoms with Gasteiger partial charge in [0.25, 0.3) is 15.9 Å². The van der Waals surface area contributed by atoms with Crippen molar-refractivity contribution in [2.75, 3.05) is 17.9 Å². The molecule has 1 amide bonds. The Morgan fingerprint density at radius 2 is 1.62 bits per heavy atom. The largest absolute Gasteiger partial charge is 0.484 e. The number of benzene rings is 2. The van der Waals surface area contributed by atoms with Crippen molar-refractivity contribution in [3.05, 3.63) is 54.6 Å². The van der Waals surface area contributed by atoms with Crippen molar-refractivity contribution in [2.24, 2.45) is 5.41 Å². The third-order valence-electron chi connectivity index (χ3n) is 3.35. The van der Waals surface area contributed by atoms with Crippen LogP contribution in [-0.4, -0.2) is 27.5 Å². The molecule has 0 fully saturated rings. The lowest BCUT2D eigenvalue weighted by atomic mass is 9.97. The van der Waals surface area contributed by atoms with Crippen LogP contribution >= 0.6 is 0 Å². The summed E-state index contributed by atoms with van der Waals surface area (Å²) in [5, 5.41) is 2.79. The summed E-state index contributed by atoms with van der Waals surface area (Å²) in [6, 6.07) is 14.6. The summed E-state index contributed by atoms with van der Waals surface area (Å²) in [7, 11) is -3.67. The molecule has 7 heteroatoms. The van der Waals surface area contributed by atoms with Gasteiger partial charge >= 0.3 is 0 Å². The summed E-state index contributed by atoms with van der Waals surface area (Å²) < 4.78 is 32.6. The predicted octanol–water partition coefficient (Wildman–Crippen LogP) is 3.03. The van der Waals surface area contributed by atoms with E-state index >= 15 is 0 Å². The summed E-state index contributed by atoms with van der Waals surface area (Å²) in [5.41, 5.74) is 0.487. The summed E-state index contributed by atoms with van der Waals surface area (Å²) >= 11 is 0. The summed E-state index contributed by atoms with van der Waals surface area (Å²) in [6.07, 6.45) is 0. The van der Waals surface area contributed by atoms with E-state index in [4.69, 9.17) is 4.74 Å². The molecule has 0 spiro atoms. The van der Waals surface area contributed by atoms with Crippen molar-refractivity contribution in [2.45, 2.75) is 25.7 Å². The summed E-state index contributed by atoms with van der Waals surface area (Å²) in [6.45, 7) is 6.51. The highest BCUT2D eigenvalue weighted by atomic mass is 32.2. The summed E-state index contributed by atoms with van der Waals surface area (Å²) in [5.74, 6) is 0.205. The molecule has 26 heavy (non-hydrogen) atoms. The van der Waals surface area contributed by atoms with Crippen LogP contribution in [0.3, 0.4) is 0 Å². The minimum atomic E-state index is -3.67. The average molecular weight is 376 g/mol. The van der Waals surface area contributed by atoms with Gasteiger partial charge < -0.3 is 10.1 Å². The highest BCUT2D eigenvalue weighted by Crippen LogP contribution is 2.19. The number of para-hydroxylation sites is 1. The fraction of sp³-hybridized carbons (Fsp3) is 0.316. The number of sulfonamides is 1. The van der Waals surface area contributed by atoms with Crippen molar-refractivity contribution in [1.29, 1.82) is 0 Å². The van der Waals surface area contributed by atoms with Gasteiger partial charge in [0.05, 0.1) is 4.90 Å². The molecule has 2 aromatic rings. The van der Waals surface area contributed by atoms with Crippen molar-refractivity contribution >= 4 is 21.6 Å². The fourth-order valence-electron chi connectivity index (χ4n) is 2.00. The monoisotopic (exact) mass is 376 g/mol. The van der Waals surface area contributed by atoms with Gasteiger partial charge in [0.1, 0.15) is 5.75 Å². The van der Waals surface area contributed by atoms with Gasteiger partial charge in [-0.1, -0.05) is 39.0 Å². The van der Waals surface area contributed by atoms with Gasteiger partial charge in [-0.05, 0) is 41.8 Å². The molecule has 0 atom stereocenters. The zero-order valence-corrected chi connectivity index (χ0v) is 16.0. The van der Waals surface area contributed by atoms with Crippen LogP contribution in [0.4, 0.5) is 5.69 Å². The second-order valence-electron chi connectivity index (χ2n) is 7.07. The SMILES string of the molecule is CC(C)(C)CNC(=O)COc1ccc(S(=O)(=O)Nc2ccccc2)cc1. The van der Waals surface area contributed by atoms with Gasteiger partial charge in [0, 0.05) is 12.2 Å². The Kier molecular flexibility index (Phi) is 6.26. The highest BCUT2D eigenvalue weighted by molar-refractivity contribution is 7.92. The molecule has 0 unspecified atom stereocenters. The van der Waals surface area contributed by atoms with Crippen molar-refractivity contribution in [3.63, 3.8) is 0 Å². The highest BCUT2D eigenvalue weighted by Gasteiger charge is 2.15. The molecular weight excluding hydrogens is 352 g/mol. The van der Waals surface area contributed by atoms with E-state index in [1.54, 1.807) is 24.3 Å². The first-order chi connectivity index (χ1) is 12.2. The van der Waals surface area contributed by atoms with Crippen LogP contribution in [0.25, 0.3) is 0 Å². The molecule has 0 aromatic heterocycles. The van der Waals surface area contributed by atoms with Crippen molar-refractivity contribution < 1.29 is 17.9 Å². The molecule has 2 N–H and O–H groups in total. The van der Waals surface area contributed by atoms with Crippen LogP contribution in [0, 0.1) is 5.41 Å². The van der Waals surface area contributed by atoms with Gasteiger partial charge in [0.15, 0.2) is 6.61 Å². The number of hydrogen-bond donors (Lipinski definition) is 2. The molecule has 0 heterocycles. The Hall–Kier alpha value is -2.54. The Morgan fingerprint density at radius 3 is 2.19 bits per heavy atom. The van der Waals surface area contributed by atoms with E-state index < -0.39 is 10.0 Å². The third-order valence-corrected chi connectivity index (χ3v) is 4.74. The number of amides is 1. The lowest BCUT2D eigenvalue weighted by Gasteiger charge is -2.18. The van der Waals surface area contributed by atoms with Crippen LogP contribution < -0.4 is 14.8 Å². The second-order valence-corrected chi connectivity index (χ2v) is 8.75. The average Bonchev–Trinajstić information content (AvgIpc) is 2.58. The van der Waals surface area contributed by atoms with Gasteiger partial charge in [0.2, 0.25) is 0 Å². The zero-order chi connectivity index (χ0) is 19.2. The number of nitrogens with one attached hydrogen (secondary N) is 2. The van der Waals surface area contributed by atoms with Gasteiger partial charge in [-0.2, -0.15) is 0 Å². The van der Waals surface area contributed by atoms with E-state index in [-0.39, 0.29) is 22.8 Å². The molecule has 0 aliphatic carbocycles. The Bertz CT molecular complexity index is 826. The number of hydrogen-bond acceptors (Lipinski definition) is 4. The van der Waals surface area contributed by atoms with E-state index in [9.17, 15) is 13.2 Å². The lowest BCUT2D eigenvalue weighted by molar-refractivity contribution is -0.123. The van der Waals surface area contributed by atoms with Crippen molar-refractivity contribution in [1.82, 2.24) is 5.32 Å². The topological polar surface area (TPSA) is 84.5 Å². The minimum absolute atomic E-state index is 0.00256. The van der Waals surface area contributed by atoms with Gasteiger partial charge in [-0.15, -0.1) is 0 Å². The summed E-state index contributed by atoms with van der Waals surface area (Å²) in [4.78, 5) is 11.9. The molecule has 6 nitrogen and oxygen atoms in total. The normalized spacial score (nSPS) is 11.7. The second kappa shape index (κ2) is 8.23. The van der Waals surface area contributed by atoms with E-state index in [1.165, 1.54) is 24.3 Å². The van der Waals surface area contributed by atoms with Crippen LogP contribution in [0.1, 0.15) is 20.8 Å². The van der Waals surface area contributed by atoms with Crippen LogP contribution in [0.5, 0.6) is 5.75 Å². The molecular formula is C19H24N2O4S. The van der Waals surface area contributed by atoms with E-state index in [1.807, 2.05) is 26.8 Å². The van der Waals surface area contributed by atoms with Crippen LogP contribution in [0.15, 0.2) is 59.5 Å². The third kappa shape index (κ3) is 6.40. The quantitative estimate of drug-likeness (QED) is 0.778. The number of carbonyl (C=O) groups is 1. The lowest BCUT2D eigenvalue weighted by Crippen LogP contribution is -2.35. The number of rotatable bonds is 7. The van der Waals surface area contributed by atoms with E-state index in [2.05, 4.69) is 10.0 Å². The van der Waals surface area contributed by atoms with E-state index in [0.717, 1.165) is 0 Å². The number of anilines is 1.